The fourth-order valence-corrected chi connectivity index (χ4v) is 4.35. The van der Waals surface area contributed by atoms with Crippen LogP contribution in [0, 0.1) is 5.92 Å². The Labute approximate surface area is 168 Å². The minimum absolute atomic E-state index is 0.0380. The van der Waals surface area contributed by atoms with Gasteiger partial charge in [0.05, 0.1) is 0 Å². The highest BCUT2D eigenvalue weighted by molar-refractivity contribution is 6.30. The number of urea groups is 1. The van der Waals surface area contributed by atoms with E-state index in [-0.39, 0.29) is 6.03 Å². The smallest absolute Gasteiger partial charge is 0.317 e. The Morgan fingerprint density at radius 2 is 1.85 bits per heavy atom. The SMILES string of the molecule is CN(C)C(=O)NC1CCC(CCN2CCN(c3cccc(Cl)c3)CC2)CC1. The molecule has 1 heterocycles. The van der Waals surface area contributed by atoms with Gasteiger partial charge in [-0.1, -0.05) is 17.7 Å². The molecule has 1 saturated heterocycles. The molecule has 0 atom stereocenters. The Morgan fingerprint density at radius 1 is 1.15 bits per heavy atom. The van der Waals surface area contributed by atoms with E-state index < -0.39 is 0 Å². The second-order valence-electron chi connectivity index (χ2n) is 8.16. The summed E-state index contributed by atoms with van der Waals surface area (Å²) in [7, 11) is 3.60. The zero-order valence-corrected chi connectivity index (χ0v) is 17.4. The Hall–Kier alpha value is -1.46. The van der Waals surface area contributed by atoms with Crippen molar-refractivity contribution >= 4 is 23.3 Å². The lowest BCUT2D eigenvalue weighted by Gasteiger charge is -2.37. The molecule has 150 valence electrons. The number of anilines is 1. The first-order chi connectivity index (χ1) is 13.0. The first kappa shape index (κ1) is 20.3. The van der Waals surface area contributed by atoms with Crippen LogP contribution in [0.3, 0.4) is 0 Å². The van der Waals surface area contributed by atoms with Crippen molar-refractivity contribution in [3.05, 3.63) is 29.3 Å². The summed E-state index contributed by atoms with van der Waals surface area (Å²) in [6.07, 6.45) is 5.99. The van der Waals surface area contributed by atoms with Crippen molar-refractivity contribution in [1.29, 1.82) is 0 Å². The molecule has 27 heavy (non-hydrogen) atoms. The molecule has 6 heteroatoms. The van der Waals surface area contributed by atoms with Crippen LogP contribution in [0.1, 0.15) is 32.1 Å². The molecule has 2 fully saturated rings. The summed E-state index contributed by atoms with van der Waals surface area (Å²) in [6.45, 7) is 5.59. The number of amides is 2. The molecule has 1 aromatic rings. The summed E-state index contributed by atoms with van der Waals surface area (Å²) in [5, 5.41) is 3.94. The maximum Gasteiger partial charge on any atom is 0.317 e. The van der Waals surface area contributed by atoms with E-state index in [1.165, 1.54) is 31.5 Å². The minimum atomic E-state index is 0.0380. The zero-order chi connectivity index (χ0) is 19.2. The summed E-state index contributed by atoms with van der Waals surface area (Å²) < 4.78 is 0. The number of hydrogen-bond acceptors (Lipinski definition) is 3. The van der Waals surface area contributed by atoms with E-state index in [9.17, 15) is 4.79 Å². The van der Waals surface area contributed by atoms with Gasteiger partial charge in [0.15, 0.2) is 0 Å². The Kier molecular flexibility index (Phi) is 7.25. The van der Waals surface area contributed by atoms with Gasteiger partial charge in [0.2, 0.25) is 0 Å². The van der Waals surface area contributed by atoms with Gasteiger partial charge < -0.3 is 15.1 Å². The molecule has 0 aromatic heterocycles. The molecule has 0 bridgehead atoms. The van der Waals surface area contributed by atoms with Gasteiger partial charge in [0, 0.05) is 57.0 Å². The van der Waals surface area contributed by atoms with Gasteiger partial charge in [-0.25, -0.2) is 4.79 Å². The number of nitrogens with zero attached hydrogens (tertiary/aromatic N) is 3. The number of benzene rings is 1. The molecule has 1 N–H and O–H groups in total. The number of rotatable bonds is 5. The Morgan fingerprint density at radius 3 is 2.48 bits per heavy atom. The van der Waals surface area contributed by atoms with E-state index in [2.05, 4.69) is 27.2 Å². The third-order valence-electron chi connectivity index (χ3n) is 5.98. The number of carbonyl (C=O) groups is 1. The molecule has 3 rings (SSSR count). The predicted octanol–water partition coefficient (Wildman–Crippen LogP) is 3.68. The van der Waals surface area contributed by atoms with E-state index in [0.717, 1.165) is 50.0 Å². The van der Waals surface area contributed by atoms with E-state index in [4.69, 9.17) is 11.6 Å². The van der Waals surface area contributed by atoms with Gasteiger partial charge in [-0.3, -0.25) is 4.90 Å². The Balaban J connectivity index is 1.33. The summed E-state index contributed by atoms with van der Waals surface area (Å²) >= 11 is 6.12. The van der Waals surface area contributed by atoms with E-state index >= 15 is 0 Å². The number of carbonyl (C=O) groups excluding carboxylic acids is 1. The quantitative estimate of drug-likeness (QED) is 0.830. The molecular formula is C21H33ClN4O. The average Bonchev–Trinajstić information content (AvgIpc) is 2.68. The van der Waals surface area contributed by atoms with E-state index in [1.54, 1.807) is 19.0 Å². The molecular weight excluding hydrogens is 360 g/mol. The third-order valence-corrected chi connectivity index (χ3v) is 6.21. The van der Waals surface area contributed by atoms with Gasteiger partial charge in [-0.05, 0) is 62.8 Å². The molecule has 5 nitrogen and oxygen atoms in total. The molecule has 0 radical (unpaired) electrons. The number of halogens is 1. The second kappa shape index (κ2) is 9.65. The fourth-order valence-electron chi connectivity index (χ4n) is 4.17. The molecule has 1 aliphatic heterocycles. The summed E-state index contributed by atoms with van der Waals surface area (Å²) in [6, 6.07) is 8.57. The fraction of sp³-hybridized carbons (Fsp3) is 0.667. The lowest BCUT2D eigenvalue weighted by molar-refractivity contribution is 0.194. The highest BCUT2D eigenvalue weighted by Gasteiger charge is 2.24. The van der Waals surface area contributed by atoms with Gasteiger partial charge in [0.25, 0.3) is 0 Å². The molecule has 1 saturated carbocycles. The summed E-state index contributed by atoms with van der Waals surface area (Å²) in [4.78, 5) is 18.4. The molecule has 1 aromatic carbocycles. The van der Waals surface area contributed by atoms with Crippen molar-refractivity contribution in [2.24, 2.45) is 5.92 Å². The van der Waals surface area contributed by atoms with Crippen LogP contribution in [-0.2, 0) is 0 Å². The number of piperazine rings is 1. The van der Waals surface area contributed by atoms with Crippen molar-refractivity contribution in [3.8, 4) is 0 Å². The van der Waals surface area contributed by atoms with Gasteiger partial charge >= 0.3 is 6.03 Å². The van der Waals surface area contributed by atoms with Crippen LogP contribution in [0.4, 0.5) is 10.5 Å². The van der Waals surface area contributed by atoms with Crippen LogP contribution < -0.4 is 10.2 Å². The second-order valence-corrected chi connectivity index (χ2v) is 8.60. The van der Waals surface area contributed by atoms with Crippen LogP contribution in [0.25, 0.3) is 0 Å². The topological polar surface area (TPSA) is 38.8 Å². The molecule has 0 unspecified atom stereocenters. The van der Waals surface area contributed by atoms with E-state index in [0.29, 0.717) is 6.04 Å². The van der Waals surface area contributed by atoms with Crippen LogP contribution in [-0.4, -0.2) is 68.7 Å². The molecule has 2 aliphatic rings. The first-order valence-electron chi connectivity index (χ1n) is 10.2. The lowest BCUT2D eigenvalue weighted by atomic mass is 9.84. The van der Waals surface area contributed by atoms with Crippen LogP contribution in [0.5, 0.6) is 0 Å². The maximum absolute atomic E-state index is 11.8. The van der Waals surface area contributed by atoms with Crippen molar-refractivity contribution < 1.29 is 4.79 Å². The Bertz CT molecular complexity index is 608. The highest BCUT2D eigenvalue weighted by Crippen LogP contribution is 2.27. The van der Waals surface area contributed by atoms with Crippen LogP contribution in [0.15, 0.2) is 24.3 Å². The standard InChI is InChI=1S/C21H33ClN4O/c1-24(2)21(27)23-19-8-6-17(7-9-19)10-11-25-12-14-26(15-13-25)20-5-3-4-18(22)16-20/h3-5,16-17,19H,6-15H2,1-2H3,(H,23,27). The summed E-state index contributed by atoms with van der Waals surface area (Å²) in [5.74, 6) is 0.809. The molecule has 2 amide bonds. The van der Waals surface area contributed by atoms with Gasteiger partial charge in [0.1, 0.15) is 0 Å². The van der Waals surface area contributed by atoms with Crippen molar-refractivity contribution in [3.63, 3.8) is 0 Å². The normalized spacial score (nSPS) is 23.9. The van der Waals surface area contributed by atoms with E-state index in [1.807, 2.05) is 12.1 Å². The lowest BCUT2D eigenvalue weighted by Crippen LogP contribution is -2.47. The van der Waals surface area contributed by atoms with Crippen molar-refractivity contribution in [2.45, 2.75) is 38.1 Å². The van der Waals surface area contributed by atoms with Crippen LogP contribution >= 0.6 is 11.6 Å². The summed E-state index contributed by atoms with van der Waals surface area (Å²) in [5.41, 5.74) is 1.24. The highest BCUT2D eigenvalue weighted by atomic mass is 35.5. The van der Waals surface area contributed by atoms with Crippen molar-refractivity contribution in [2.75, 3.05) is 51.7 Å². The number of hydrogen-bond donors (Lipinski definition) is 1. The first-order valence-corrected chi connectivity index (χ1v) is 10.6. The zero-order valence-electron chi connectivity index (χ0n) is 16.7. The third kappa shape index (κ3) is 6.01. The average molecular weight is 393 g/mol. The van der Waals surface area contributed by atoms with Crippen LogP contribution in [0.2, 0.25) is 5.02 Å². The number of nitrogens with one attached hydrogen (secondary N) is 1. The van der Waals surface area contributed by atoms with Gasteiger partial charge in [-0.2, -0.15) is 0 Å². The van der Waals surface area contributed by atoms with Crippen molar-refractivity contribution in [1.82, 2.24) is 15.1 Å². The molecule has 0 spiro atoms. The monoisotopic (exact) mass is 392 g/mol. The predicted molar refractivity (Wildman–Crippen MR) is 113 cm³/mol. The maximum atomic E-state index is 11.8. The largest absolute Gasteiger partial charge is 0.369 e. The minimum Gasteiger partial charge on any atom is -0.369 e. The van der Waals surface area contributed by atoms with Gasteiger partial charge in [-0.15, -0.1) is 0 Å². The molecule has 1 aliphatic carbocycles.